The Morgan fingerprint density at radius 3 is 2.74 bits per heavy atom. The molecule has 0 aromatic heterocycles. The SMILES string of the molecule is Ic1ccc(CNC2CCOc3ccccc32)cc1. The minimum Gasteiger partial charge on any atom is -0.493 e. The van der Waals surface area contributed by atoms with E-state index in [4.69, 9.17) is 4.74 Å². The maximum absolute atomic E-state index is 5.68. The van der Waals surface area contributed by atoms with Crippen LogP contribution in [0.15, 0.2) is 48.5 Å². The molecule has 2 aromatic carbocycles. The Bertz CT molecular complexity index is 553. The summed E-state index contributed by atoms with van der Waals surface area (Å²) in [4.78, 5) is 0. The number of rotatable bonds is 3. The van der Waals surface area contributed by atoms with E-state index in [-0.39, 0.29) is 0 Å². The third-order valence-corrected chi connectivity index (χ3v) is 4.14. The number of halogens is 1. The van der Waals surface area contributed by atoms with Crippen molar-refractivity contribution in [1.82, 2.24) is 5.32 Å². The Balaban J connectivity index is 1.69. The maximum Gasteiger partial charge on any atom is 0.124 e. The van der Waals surface area contributed by atoms with E-state index in [2.05, 4.69) is 64.3 Å². The van der Waals surface area contributed by atoms with Crippen LogP contribution in [0.4, 0.5) is 0 Å². The predicted octanol–water partition coefficient (Wildman–Crippen LogP) is 3.90. The van der Waals surface area contributed by atoms with Crippen LogP contribution < -0.4 is 10.1 Å². The number of ether oxygens (including phenoxy) is 1. The van der Waals surface area contributed by atoms with Crippen LogP contribution in [0.2, 0.25) is 0 Å². The van der Waals surface area contributed by atoms with E-state index in [1.54, 1.807) is 0 Å². The maximum atomic E-state index is 5.68. The minimum absolute atomic E-state index is 0.393. The van der Waals surface area contributed by atoms with Gasteiger partial charge in [-0.05, 0) is 46.4 Å². The summed E-state index contributed by atoms with van der Waals surface area (Å²) in [6, 6.07) is 17.4. The molecule has 0 spiro atoms. The summed E-state index contributed by atoms with van der Waals surface area (Å²) in [5.74, 6) is 1.02. The van der Waals surface area contributed by atoms with Crippen molar-refractivity contribution in [3.05, 3.63) is 63.2 Å². The average molecular weight is 365 g/mol. The normalized spacial score (nSPS) is 17.6. The van der Waals surface area contributed by atoms with Gasteiger partial charge < -0.3 is 10.1 Å². The number of hydrogen-bond donors (Lipinski definition) is 1. The fourth-order valence-electron chi connectivity index (χ4n) is 2.40. The zero-order chi connectivity index (χ0) is 13.1. The lowest BCUT2D eigenvalue weighted by atomic mass is 10.0. The highest BCUT2D eigenvalue weighted by Gasteiger charge is 2.20. The van der Waals surface area contributed by atoms with Crippen molar-refractivity contribution in [3.63, 3.8) is 0 Å². The third-order valence-electron chi connectivity index (χ3n) is 3.42. The van der Waals surface area contributed by atoms with Crippen molar-refractivity contribution in [2.45, 2.75) is 19.0 Å². The van der Waals surface area contributed by atoms with E-state index >= 15 is 0 Å². The molecular weight excluding hydrogens is 349 g/mol. The van der Waals surface area contributed by atoms with Crippen molar-refractivity contribution in [1.29, 1.82) is 0 Å². The quantitative estimate of drug-likeness (QED) is 0.833. The van der Waals surface area contributed by atoms with E-state index in [0.29, 0.717) is 6.04 Å². The number of nitrogens with one attached hydrogen (secondary N) is 1. The van der Waals surface area contributed by atoms with Crippen LogP contribution in [0.1, 0.15) is 23.6 Å². The molecular formula is C16H16INO. The smallest absolute Gasteiger partial charge is 0.124 e. The lowest BCUT2D eigenvalue weighted by Crippen LogP contribution is -2.26. The lowest BCUT2D eigenvalue weighted by Gasteiger charge is -2.26. The first-order chi connectivity index (χ1) is 9.33. The Hall–Kier alpha value is -1.07. The summed E-state index contributed by atoms with van der Waals surface area (Å²) in [6.45, 7) is 1.69. The molecule has 0 aliphatic carbocycles. The zero-order valence-corrected chi connectivity index (χ0v) is 12.8. The topological polar surface area (TPSA) is 21.3 Å². The Morgan fingerprint density at radius 2 is 1.89 bits per heavy atom. The fraction of sp³-hybridized carbons (Fsp3) is 0.250. The van der Waals surface area contributed by atoms with Crippen molar-refractivity contribution in [2.75, 3.05) is 6.61 Å². The van der Waals surface area contributed by atoms with Gasteiger partial charge in [-0.25, -0.2) is 0 Å². The van der Waals surface area contributed by atoms with Crippen molar-refractivity contribution in [2.24, 2.45) is 0 Å². The van der Waals surface area contributed by atoms with Gasteiger partial charge in [0, 0.05) is 28.1 Å². The van der Waals surface area contributed by atoms with Crippen LogP contribution in [-0.4, -0.2) is 6.61 Å². The van der Waals surface area contributed by atoms with Gasteiger partial charge in [-0.15, -0.1) is 0 Å². The molecule has 0 amide bonds. The molecule has 1 heterocycles. The van der Waals surface area contributed by atoms with E-state index in [1.165, 1.54) is 14.7 Å². The minimum atomic E-state index is 0.393. The van der Waals surface area contributed by atoms with Crippen LogP contribution in [0.25, 0.3) is 0 Å². The molecule has 19 heavy (non-hydrogen) atoms. The van der Waals surface area contributed by atoms with Gasteiger partial charge in [0.25, 0.3) is 0 Å². The zero-order valence-electron chi connectivity index (χ0n) is 10.6. The standard InChI is InChI=1S/C16H16INO/c17-13-7-5-12(6-8-13)11-18-15-9-10-19-16-4-2-1-3-14(15)16/h1-8,15,18H,9-11H2. The lowest BCUT2D eigenvalue weighted by molar-refractivity contribution is 0.252. The van der Waals surface area contributed by atoms with Gasteiger partial charge in [-0.3, -0.25) is 0 Å². The number of hydrogen-bond acceptors (Lipinski definition) is 2. The highest BCUT2D eigenvalue weighted by molar-refractivity contribution is 14.1. The van der Waals surface area contributed by atoms with E-state index in [9.17, 15) is 0 Å². The molecule has 0 saturated heterocycles. The molecule has 3 heteroatoms. The first-order valence-corrected chi connectivity index (χ1v) is 7.60. The predicted molar refractivity (Wildman–Crippen MR) is 85.3 cm³/mol. The van der Waals surface area contributed by atoms with E-state index in [0.717, 1.165) is 25.3 Å². The van der Waals surface area contributed by atoms with Crippen LogP contribution in [0.3, 0.4) is 0 Å². The summed E-state index contributed by atoms with van der Waals surface area (Å²) in [6.07, 6.45) is 1.03. The monoisotopic (exact) mass is 365 g/mol. The summed E-state index contributed by atoms with van der Waals surface area (Å²) in [7, 11) is 0. The van der Waals surface area contributed by atoms with Crippen LogP contribution in [0, 0.1) is 3.57 Å². The van der Waals surface area contributed by atoms with Gasteiger partial charge >= 0.3 is 0 Å². The molecule has 2 aromatic rings. The Kier molecular flexibility index (Phi) is 4.03. The molecule has 0 bridgehead atoms. The second kappa shape index (κ2) is 5.92. The number of fused-ring (bicyclic) bond motifs is 1. The molecule has 3 rings (SSSR count). The second-order valence-electron chi connectivity index (χ2n) is 4.73. The van der Waals surface area contributed by atoms with Gasteiger partial charge in [0.1, 0.15) is 5.75 Å². The summed E-state index contributed by atoms with van der Waals surface area (Å²) in [5.41, 5.74) is 2.60. The summed E-state index contributed by atoms with van der Waals surface area (Å²) < 4.78 is 6.96. The highest BCUT2D eigenvalue weighted by Crippen LogP contribution is 2.31. The van der Waals surface area contributed by atoms with Gasteiger partial charge in [0.2, 0.25) is 0 Å². The third kappa shape index (κ3) is 3.09. The molecule has 2 nitrogen and oxygen atoms in total. The van der Waals surface area contributed by atoms with E-state index < -0.39 is 0 Å². The molecule has 0 saturated carbocycles. The molecule has 1 aliphatic heterocycles. The van der Waals surface area contributed by atoms with Gasteiger partial charge in [-0.2, -0.15) is 0 Å². The largest absolute Gasteiger partial charge is 0.493 e. The molecule has 1 N–H and O–H groups in total. The van der Waals surface area contributed by atoms with Crippen molar-refractivity contribution >= 4 is 22.6 Å². The first-order valence-electron chi connectivity index (χ1n) is 6.52. The average Bonchev–Trinajstić information content (AvgIpc) is 2.47. The van der Waals surface area contributed by atoms with Gasteiger partial charge in [0.05, 0.1) is 6.61 Å². The molecule has 0 radical (unpaired) electrons. The van der Waals surface area contributed by atoms with Crippen LogP contribution in [0.5, 0.6) is 5.75 Å². The molecule has 1 unspecified atom stereocenters. The fourth-order valence-corrected chi connectivity index (χ4v) is 2.76. The van der Waals surface area contributed by atoms with Gasteiger partial charge in [-0.1, -0.05) is 30.3 Å². The molecule has 0 fully saturated rings. The highest BCUT2D eigenvalue weighted by atomic mass is 127. The second-order valence-corrected chi connectivity index (χ2v) is 5.98. The molecule has 1 atom stereocenters. The van der Waals surface area contributed by atoms with Crippen molar-refractivity contribution in [3.8, 4) is 5.75 Å². The van der Waals surface area contributed by atoms with Crippen LogP contribution in [-0.2, 0) is 6.54 Å². The molecule has 98 valence electrons. The molecule has 1 aliphatic rings. The van der Waals surface area contributed by atoms with Crippen molar-refractivity contribution < 1.29 is 4.74 Å². The van der Waals surface area contributed by atoms with Crippen LogP contribution >= 0.6 is 22.6 Å². The van der Waals surface area contributed by atoms with E-state index in [1.807, 2.05) is 12.1 Å². The first kappa shape index (κ1) is 12.9. The number of benzene rings is 2. The summed E-state index contributed by atoms with van der Waals surface area (Å²) in [5, 5.41) is 3.63. The summed E-state index contributed by atoms with van der Waals surface area (Å²) >= 11 is 2.33. The Labute approximate surface area is 127 Å². The number of para-hydroxylation sites is 1. The Morgan fingerprint density at radius 1 is 1.11 bits per heavy atom. The van der Waals surface area contributed by atoms with Gasteiger partial charge in [0.15, 0.2) is 0 Å².